The zero-order valence-corrected chi connectivity index (χ0v) is 12.6. The molecule has 2 heterocycles. The summed E-state index contributed by atoms with van der Waals surface area (Å²) in [5.74, 6) is 1.49. The molecular weight excluding hydrogens is 246 g/mol. The highest BCUT2D eigenvalue weighted by Crippen LogP contribution is 2.48. The van der Waals surface area contributed by atoms with E-state index in [1.807, 2.05) is 30.1 Å². The molecule has 106 valence electrons. The van der Waals surface area contributed by atoms with Crippen LogP contribution in [-0.2, 0) is 0 Å². The molecule has 0 saturated heterocycles. The number of pyridine rings is 1. The van der Waals surface area contributed by atoms with Crippen LogP contribution in [0.2, 0.25) is 0 Å². The van der Waals surface area contributed by atoms with Gasteiger partial charge in [-0.3, -0.25) is 0 Å². The zero-order valence-electron chi connectivity index (χ0n) is 12.6. The second-order valence-corrected chi connectivity index (χ2v) is 6.43. The average molecular weight is 269 g/mol. The Morgan fingerprint density at radius 2 is 2.00 bits per heavy atom. The summed E-state index contributed by atoms with van der Waals surface area (Å²) in [5, 5.41) is 4.45. The van der Waals surface area contributed by atoms with Gasteiger partial charge in [0.05, 0.1) is 5.69 Å². The van der Waals surface area contributed by atoms with Gasteiger partial charge in [-0.15, -0.1) is 0 Å². The molecule has 0 N–H and O–H groups in total. The molecule has 1 aliphatic carbocycles. The summed E-state index contributed by atoms with van der Waals surface area (Å²) < 4.78 is 1.86. The largest absolute Gasteiger partial charge is 0.237 e. The molecule has 20 heavy (non-hydrogen) atoms. The Morgan fingerprint density at radius 1 is 1.25 bits per heavy atom. The fourth-order valence-electron chi connectivity index (χ4n) is 3.39. The van der Waals surface area contributed by atoms with Crippen molar-refractivity contribution in [3.8, 4) is 5.82 Å². The van der Waals surface area contributed by atoms with E-state index in [0.717, 1.165) is 11.5 Å². The summed E-state index contributed by atoms with van der Waals surface area (Å²) in [6, 6.07) is 6.37. The third kappa shape index (κ3) is 2.37. The van der Waals surface area contributed by atoms with Gasteiger partial charge in [-0.25, -0.2) is 9.67 Å². The summed E-state index contributed by atoms with van der Waals surface area (Å²) in [4.78, 5) is 4.46. The van der Waals surface area contributed by atoms with Crippen molar-refractivity contribution in [2.45, 2.75) is 52.4 Å². The lowest BCUT2D eigenvalue weighted by molar-refractivity contribution is 0.275. The lowest BCUT2D eigenvalue weighted by atomic mass is 9.73. The second kappa shape index (κ2) is 5.04. The van der Waals surface area contributed by atoms with Crippen LogP contribution in [0, 0.1) is 12.3 Å². The first-order chi connectivity index (χ1) is 9.58. The number of rotatable bonds is 3. The molecule has 0 aliphatic heterocycles. The van der Waals surface area contributed by atoms with Crippen molar-refractivity contribution in [3.63, 3.8) is 0 Å². The Kier molecular flexibility index (Phi) is 3.36. The number of aryl methyl sites for hydroxylation is 1. The summed E-state index contributed by atoms with van der Waals surface area (Å²) >= 11 is 0. The molecule has 1 saturated carbocycles. The van der Waals surface area contributed by atoms with Gasteiger partial charge < -0.3 is 0 Å². The summed E-state index contributed by atoms with van der Waals surface area (Å²) in [6.45, 7) is 6.80. The third-order valence-corrected chi connectivity index (χ3v) is 5.02. The van der Waals surface area contributed by atoms with E-state index in [0.29, 0.717) is 11.3 Å². The van der Waals surface area contributed by atoms with Crippen molar-refractivity contribution >= 4 is 0 Å². The maximum Gasteiger partial charge on any atom is 0.153 e. The lowest BCUT2D eigenvalue weighted by Gasteiger charge is -2.31. The molecule has 2 aromatic rings. The van der Waals surface area contributed by atoms with Crippen molar-refractivity contribution in [2.24, 2.45) is 5.41 Å². The number of aromatic nitrogens is 3. The standard InChI is InChI=1S/C17H23N3/c1-13-7-11-20(19-13)16-12-15(6-10-18-16)14(2)17(3)8-4-5-9-17/h6-7,10-12,14H,4-5,8-9H2,1-3H3. The van der Waals surface area contributed by atoms with E-state index in [9.17, 15) is 0 Å². The van der Waals surface area contributed by atoms with Crippen LogP contribution in [0.1, 0.15) is 56.7 Å². The molecule has 1 fully saturated rings. The van der Waals surface area contributed by atoms with Crippen LogP contribution in [0.5, 0.6) is 0 Å². The van der Waals surface area contributed by atoms with Crippen molar-refractivity contribution in [2.75, 3.05) is 0 Å². The normalized spacial score (nSPS) is 19.1. The third-order valence-electron chi connectivity index (χ3n) is 5.02. The zero-order chi connectivity index (χ0) is 14.2. The van der Waals surface area contributed by atoms with Crippen LogP contribution in [0.3, 0.4) is 0 Å². The number of hydrogen-bond acceptors (Lipinski definition) is 2. The fourth-order valence-corrected chi connectivity index (χ4v) is 3.39. The van der Waals surface area contributed by atoms with Crippen LogP contribution in [0.4, 0.5) is 0 Å². The van der Waals surface area contributed by atoms with E-state index in [4.69, 9.17) is 0 Å². The number of nitrogens with zero attached hydrogens (tertiary/aromatic N) is 3. The molecule has 3 nitrogen and oxygen atoms in total. The molecule has 0 bridgehead atoms. The highest BCUT2D eigenvalue weighted by Gasteiger charge is 2.35. The van der Waals surface area contributed by atoms with Crippen molar-refractivity contribution in [3.05, 3.63) is 41.9 Å². The Hall–Kier alpha value is -1.64. The summed E-state index contributed by atoms with van der Waals surface area (Å²) in [7, 11) is 0. The van der Waals surface area contributed by atoms with E-state index in [1.54, 1.807) is 0 Å². The topological polar surface area (TPSA) is 30.7 Å². The highest BCUT2D eigenvalue weighted by molar-refractivity contribution is 5.30. The fraction of sp³-hybridized carbons (Fsp3) is 0.529. The molecule has 3 rings (SSSR count). The van der Waals surface area contributed by atoms with Crippen LogP contribution < -0.4 is 0 Å². The minimum absolute atomic E-state index is 0.443. The Bertz CT molecular complexity index is 594. The monoisotopic (exact) mass is 269 g/mol. The van der Waals surface area contributed by atoms with Gasteiger partial charge in [0.1, 0.15) is 0 Å². The van der Waals surface area contributed by atoms with Gasteiger partial charge in [-0.05, 0) is 54.9 Å². The van der Waals surface area contributed by atoms with Crippen LogP contribution >= 0.6 is 0 Å². The van der Waals surface area contributed by atoms with Gasteiger partial charge in [-0.1, -0.05) is 26.7 Å². The minimum Gasteiger partial charge on any atom is -0.237 e. The first-order valence-corrected chi connectivity index (χ1v) is 7.57. The minimum atomic E-state index is 0.443. The number of hydrogen-bond donors (Lipinski definition) is 0. The van der Waals surface area contributed by atoms with E-state index in [1.165, 1.54) is 31.2 Å². The predicted molar refractivity (Wildman–Crippen MR) is 81.1 cm³/mol. The first-order valence-electron chi connectivity index (χ1n) is 7.57. The van der Waals surface area contributed by atoms with Gasteiger partial charge >= 0.3 is 0 Å². The summed E-state index contributed by atoms with van der Waals surface area (Å²) in [5.41, 5.74) is 2.85. The Morgan fingerprint density at radius 3 is 2.65 bits per heavy atom. The maximum absolute atomic E-state index is 4.46. The van der Waals surface area contributed by atoms with E-state index in [-0.39, 0.29) is 0 Å². The van der Waals surface area contributed by atoms with Crippen LogP contribution in [-0.4, -0.2) is 14.8 Å². The van der Waals surface area contributed by atoms with Crippen LogP contribution in [0.15, 0.2) is 30.6 Å². The molecule has 0 aromatic carbocycles. The predicted octanol–water partition coefficient (Wildman–Crippen LogP) is 4.26. The Balaban J connectivity index is 1.91. The molecule has 2 aromatic heterocycles. The molecule has 1 atom stereocenters. The first kappa shape index (κ1) is 13.3. The van der Waals surface area contributed by atoms with Crippen LogP contribution in [0.25, 0.3) is 5.82 Å². The van der Waals surface area contributed by atoms with Crippen molar-refractivity contribution in [1.29, 1.82) is 0 Å². The van der Waals surface area contributed by atoms with E-state index < -0.39 is 0 Å². The van der Waals surface area contributed by atoms with E-state index >= 15 is 0 Å². The highest BCUT2D eigenvalue weighted by atomic mass is 15.3. The second-order valence-electron chi connectivity index (χ2n) is 6.43. The molecule has 1 aliphatic rings. The van der Waals surface area contributed by atoms with Gasteiger partial charge in [0.15, 0.2) is 5.82 Å². The van der Waals surface area contributed by atoms with Gasteiger partial charge in [0.25, 0.3) is 0 Å². The molecular formula is C17H23N3. The van der Waals surface area contributed by atoms with Gasteiger partial charge in [-0.2, -0.15) is 5.10 Å². The van der Waals surface area contributed by atoms with Gasteiger partial charge in [0.2, 0.25) is 0 Å². The SMILES string of the molecule is Cc1ccn(-c2cc(C(C)C3(C)CCCC3)ccn2)n1. The smallest absolute Gasteiger partial charge is 0.153 e. The molecule has 3 heteroatoms. The molecule has 0 radical (unpaired) electrons. The molecule has 0 spiro atoms. The average Bonchev–Trinajstić information content (AvgIpc) is 3.08. The van der Waals surface area contributed by atoms with Crippen molar-refractivity contribution < 1.29 is 0 Å². The van der Waals surface area contributed by atoms with Gasteiger partial charge in [0, 0.05) is 12.4 Å². The quantitative estimate of drug-likeness (QED) is 0.833. The van der Waals surface area contributed by atoms with Crippen molar-refractivity contribution in [1.82, 2.24) is 14.8 Å². The maximum atomic E-state index is 4.46. The Labute approximate surface area is 121 Å². The van der Waals surface area contributed by atoms with E-state index in [2.05, 4.69) is 36.1 Å². The molecule has 1 unspecified atom stereocenters. The lowest BCUT2D eigenvalue weighted by Crippen LogP contribution is -2.20. The summed E-state index contributed by atoms with van der Waals surface area (Å²) in [6.07, 6.45) is 9.31. The molecule has 0 amide bonds.